The van der Waals surface area contributed by atoms with E-state index >= 15 is 0 Å². The molecule has 7 nitrogen and oxygen atoms in total. The average molecular weight is 355 g/mol. The third-order valence-electron chi connectivity index (χ3n) is 2.51. The van der Waals surface area contributed by atoms with E-state index in [0.29, 0.717) is 10.4 Å². The first-order valence-electron chi connectivity index (χ1n) is 7.44. The van der Waals surface area contributed by atoms with Crippen molar-refractivity contribution in [1.29, 1.82) is 5.41 Å². The van der Waals surface area contributed by atoms with Crippen LogP contribution in [0.5, 0.6) is 0 Å². The molecule has 1 heterocycles. The van der Waals surface area contributed by atoms with E-state index in [1.807, 2.05) is 0 Å². The summed E-state index contributed by atoms with van der Waals surface area (Å²) in [6.07, 6.45) is -1.57. The fraction of sp³-hybridized carbons (Fsp3) is 0.562. The van der Waals surface area contributed by atoms with E-state index in [0.717, 1.165) is 4.90 Å². The van der Waals surface area contributed by atoms with Gasteiger partial charge in [-0.25, -0.2) is 14.5 Å². The summed E-state index contributed by atoms with van der Waals surface area (Å²) in [6, 6.07) is 1.66. The highest BCUT2D eigenvalue weighted by atomic mass is 32.1. The van der Waals surface area contributed by atoms with Crippen molar-refractivity contribution in [2.75, 3.05) is 0 Å². The van der Waals surface area contributed by atoms with Gasteiger partial charge in [0.15, 0.2) is 0 Å². The zero-order valence-electron chi connectivity index (χ0n) is 14.9. The molecule has 0 unspecified atom stereocenters. The zero-order valence-corrected chi connectivity index (χ0v) is 15.7. The lowest BCUT2D eigenvalue weighted by molar-refractivity contribution is -0.0000502. The molecule has 2 amide bonds. The van der Waals surface area contributed by atoms with Crippen LogP contribution in [0.25, 0.3) is 0 Å². The molecule has 134 valence electrons. The molecule has 1 aromatic heterocycles. The van der Waals surface area contributed by atoms with Gasteiger partial charge in [-0.1, -0.05) is 0 Å². The first kappa shape index (κ1) is 20.0. The molecule has 24 heavy (non-hydrogen) atoms. The van der Waals surface area contributed by atoms with Crippen LogP contribution in [0, 0.1) is 5.41 Å². The molecule has 8 heteroatoms. The van der Waals surface area contributed by atoms with Crippen molar-refractivity contribution >= 4 is 29.4 Å². The summed E-state index contributed by atoms with van der Waals surface area (Å²) in [7, 11) is 0. The first-order chi connectivity index (χ1) is 10.8. The van der Waals surface area contributed by atoms with E-state index in [2.05, 4.69) is 0 Å². The Balaban J connectivity index is 3.01. The van der Waals surface area contributed by atoms with Crippen molar-refractivity contribution in [3.8, 4) is 0 Å². The second-order valence-electron chi connectivity index (χ2n) is 7.26. The van der Waals surface area contributed by atoms with Crippen molar-refractivity contribution < 1.29 is 19.1 Å². The van der Waals surface area contributed by atoms with Gasteiger partial charge in [0.05, 0.1) is 6.54 Å². The Morgan fingerprint density at radius 1 is 1.12 bits per heavy atom. The minimum absolute atomic E-state index is 0.0121. The normalized spacial score (nSPS) is 11.8. The van der Waals surface area contributed by atoms with Crippen LogP contribution in [0.3, 0.4) is 0 Å². The Hall–Kier alpha value is -2.09. The van der Waals surface area contributed by atoms with Crippen LogP contribution in [-0.4, -0.2) is 34.1 Å². The van der Waals surface area contributed by atoms with E-state index in [-0.39, 0.29) is 12.4 Å². The SMILES string of the molecule is CC(C)(C)OC(=O)N(Cc1cc(C(=N)N)cs1)C(=O)OC(C)(C)C. The van der Waals surface area contributed by atoms with Gasteiger partial charge in [0.1, 0.15) is 17.0 Å². The standard InChI is InChI=1S/C16H25N3O4S/c1-15(2,3)22-13(20)19(14(21)23-16(4,5)6)8-11-7-10(9-24-11)12(17)18/h7,9H,8H2,1-6H3,(H3,17,18). The van der Waals surface area contributed by atoms with Crippen molar-refractivity contribution in [1.82, 2.24) is 4.90 Å². The molecule has 0 aromatic carbocycles. The largest absolute Gasteiger partial charge is 0.443 e. The number of ether oxygens (including phenoxy) is 2. The van der Waals surface area contributed by atoms with Crippen LogP contribution in [0.1, 0.15) is 52.0 Å². The van der Waals surface area contributed by atoms with E-state index < -0.39 is 23.4 Å². The smallest absolute Gasteiger partial charge is 0.420 e. The highest BCUT2D eigenvalue weighted by Crippen LogP contribution is 2.20. The number of rotatable bonds is 3. The number of nitrogens with one attached hydrogen (secondary N) is 1. The molecule has 3 N–H and O–H groups in total. The van der Waals surface area contributed by atoms with Crippen molar-refractivity contribution in [3.05, 3.63) is 21.9 Å². The molecule has 0 saturated carbocycles. The van der Waals surface area contributed by atoms with Gasteiger partial charge in [-0.2, -0.15) is 0 Å². The van der Waals surface area contributed by atoms with Crippen LogP contribution in [0.15, 0.2) is 11.4 Å². The molecular formula is C16H25N3O4S. The number of hydrogen-bond acceptors (Lipinski definition) is 6. The lowest BCUT2D eigenvalue weighted by Crippen LogP contribution is -2.43. The number of carbonyl (C=O) groups is 2. The lowest BCUT2D eigenvalue weighted by Gasteiger charge is -2.28. The van der Waals surface area contributed by atoms with Gasteiger partial charge in [0.2, 0.25) is 0 Å². The molecule has 0 atom stereocenters. The molecule has 0 radical (unpaired) electrons. The summed E-state index contributed by atoms with van der Waals surface area (Å²) in [6.45, 7) is 10.3. The predicted molar refractivity (Wildman–Crippen MR) is 93.3 cm³/mol. The van der Waals surface area contributed by atoms with Gasteiger partial charge in [-0.05, 0) is 47.6 Å². The number of nitrogen functional groups attached to an aromatic ring is 1. The van der Waals surface area contributed by atoms with E-state index in [1.165, 1.54) is 11.3 Å². The summed E-state index contributed by atoms with van der Waals surface area (Å²) in [5.41, 5.74) is 4.50. The summed E-state index contributed by atoms with van der Waals surface area (Å²) < 4.78 is 10.6. The van der Waals surface area contributed by atoms with Gasteiger partial charge in [-0.15, -0.1) is 11.3 Å². The molecule has 0 spiro atoms. The maximum atomic E-state index is 12.4. The van der Waals surface area contributed by atoms with E-state index in [1.54, 1.807) is 53.0 Å². The molecule has 1 aromatic rings. The molecule has 0 aliphatic heterocycles. The predicted octanol–water partition coefficient (Wildman–Crippen LogP) is 3.70. The van der Waals surface area contributed by atoms with Gasteiger partial charge < -0.3 is 15.2 Å². The minimum Gasteiger partial charge on any atom is -0.443 e. The number of imide groups is 1. The lowest BCUT2D eigenvalue weighted by atomic mass is 10.2. The Labute approximate surface area is 146 Å². The topological polar surface area (TPSA) is 106 Å². The quantitative estimate of drug-likeness (QED) is 0.635. The Morgan fingerprint density at radius 3 is 1.92 bits per heavy atom. The fourth-order valence-electron chi connectivity index (χ4n) is 1.60. The minimum atomic E-state index is -0.783. The number of nitrogens with zero attached hydrogens (tertiary/aromatic N) is 1. The molecule has 0 saturated heterocycles. The molecule has 0 aliphatic rings. The van der Waals surface area contributed by atoms with Crippen molar-refractivity contribution in [3.63, 3.8) is 0 Å². The fourth-order valence-corrected chi connectivity index (χ4v) is 2.47. The third-order valence-corrected chi connectivity index (χ3v) is 3.43. The van der Waals surface area contributed by atoms with Gasteiger partial charge >= 0.3 is 12.2 Å². The summed E-state index contributed by atoms with van der Waals surface area (Å²) in [4.78, 5) is 26.3. The van der Waals surface area contributed by atoms with Crippen LogP contribution < -0.4 is 5.73 Å². The summed E-state index contributed by atoms with van der Waals surface area (Å²) >= 11 is 1.30. The number of thiophene rings is 1. The van der Waals surface area contributed by atoms with E-state index in [4.69, 9.17) is 20.6 Å². The monoisotopic (exact) mass is 355 g/mol. The Kier molecular flexibility index (Phi) is 5.99. The highest BCUT2D eigenvalue weighted by Gasteiger charge is 2.31. The van der Waals surface area contributed by atoms with Crippen LogP contribution in [0.4, 0.5) is 9.59 Å². The molecule has 1 rings (SSSR count). The number of hydrogen-bond donors (Lipinski definition) is 2. The number of amidine groups is 1. The van der Waals surface area contributed by atoms with Crippen molar-refractivity contribution in [2.45, 2.75) is 59.3 Å². The molecule has 0 aliphatic carbocycles. The number of nitrogens with two attached hydrogens (primary N) is 1. The van der Waals surface area contributed by atoms with Crippen LogP contribution in [0.2, 0.25) is 0 Å². The number of carbonyl (C=O) groups excluding carboxylic acids is 2. The summed E-state index contributed by atoms with van der Waals surface area (Å²) in [5, 5.41) is 9.12. The van der Waals surface area contributed by atoms with Crippen molar-refractivity contribution in [2.24, 2.45) is 5.73 Å². The van der Waals surface area contributed by atoms with Crippen LogP contribution >= 0.6 is 11.3 Å². The third kappa shape index (κ3) is 6.57. The first-order valence-corrected chi connectivity index (χ1v) is 8.32. The number of amides is 2. The second kappa shape index (κ2) is 7.21. The van der Waals surface area contributed by atoms with Gasteiger partial charge in [-0.3, -0.25) is 5.41 Å². The summed E-state index contributed by atoms with van der Waals surface area (Å²) in [5.74, 6) is -0.0708. The second-order valence-corrected chi connectivity index (χ2v) is 8.26. The van der Waals surface area contributed by atoms with Gasteiger partial charge in [0, 0.05) is 15.8 Å². The van der Waals surface area contributed by atoms with E-state index in [9.17, 15) is 9.59 Å². The maximum absolute atomic E-state index is 12.4. The highest BCUT2D eigenvalue weighted by molar-refractivity contribution is 7.10. The average Bonchev–Trinajstić information content (AvgIpc) is 2.79. The Morgan fingerprint density at radius 2 is 1.58 bits per heavy atom. The van der Waals surface area contributed by atoms with Crippen LogP contribution in [-0.2, 0) is 16.0 Å². The molecule has 0 fully saturated rings. The zero-order chi connectivity index (χ0) is 18.7. The van der Waals surface area contributed by atoms with Gasteiger partial charge in [0.25, 0.3) is 0 Å². The Bertz CT molecular complexity index is 598. The maximum Gasteiger partial charge on any atom is 0.420 e. The molecular weight excluding hydrogens is 330 g/mol. The molecule has 0 bridgehead atoms.